The van der Waals surface area contributed by atoms with Crippen molar-refractivity contribution < 1.29 is 18.7 Å². The molecule has 8 heteroatoms. The number of cyclic esters (lactones) is 1. The van der Waals surface area contributed by atoms with Crippen LogP contribution in [0.5, 0.6) is 0 Å². The third kappa shape index (κ3) is 4.34. The van der Waals surface area contributed by atoms with Crippen LogP contribution >= 0.6 is 11.6 Å². The lowest BCUT2D eigenvalue weighted by Crippen LogP contribution is -2.34. The molecule has 1 aromatic heterocycles. The number of alkyl carbamates (subject to hydrolysis) is 1. The topological polar surface area (TPSA) is 72.4 Å². The zero-order chi connectivity index (χ0) is 20.6. The molecule has 2 aromatic rings. The van der Waals surface area contributed by atoms with Gasteiger partial charge in [0.05, 0.1) is 29.2 Å². The lowest BCUT2D eigenvalue weighted by Gasteiger charge is -2.31. The van der Waals surface area contributed by atoms with Gasteiger partial charge in [-0.05, 0) is 50.7 Å². The van der Waals surface area contributed by atoms with Crippen LogP contribution in [-0.2, 0) is 11.3 Å². The zero-order valence-electron chi connectivity index (χ0n) is 16.3. The van der Waals surface area contributed by atoms with Gasteiger partial charge in [0.15, 0.2) is 0 Å². The van der Waals surface area contributed by atoms with Crippen molar-refractivity contribution in [2.45, 2.75) is 50.9 Å². The third-order valence-corrected chi connectivity index (χ3v) is 6.26. The summed E-state index contributed by atoms with van der Waals surface area (Å²) < 4.78 is 21.1. The molecule has 0 spiro atoms. The maximum atomic E-state index is 14.0. The van der Waals surface area contributed by atoms with E-state index in [9.17, 15) is 14.0 Å². The Kier molecular flexibility index (Phi) is 5.42. The van der Waals surface area contributed by atoms with Gasteiger partial charge in [-0.25, -0.2) is 9.18 Å². The fourth-order valence-corrected chi connectivity index (χ4v) is 4.47. The Morgan fingerprint density at radius 3 is 2.86 bits per heavy atom. The second-order valence-electron chi connectivity index (χ2n) is 8.30. The van der Waals surface area contributed by atoms with Crippen LogP contribution in [0, 0.1) is 5.92 Å². The van der Waals surface area contributed by atoms with E-state index in [1.54, 1.807) is 19.2 Å². The van der Waals surface area contributed by atoms with Crippen LogP contribution in [0.25, 0.3) is 10.9 Å². The molecule has 2 fully saturated rings. The highest BCUT2D eigenvalue weighted by Gasteiger charge is 2.31. The highest BCUT2D eigenvalue weighted by atomic mass is 35.5. The highest BCUT2D eigenvalue weighted by Crippen LogP contribution is 2.34. The van der Waals surface area contributed by atoms with Crippen LogP contribution in [0.3, 0.4) is 0 Å². The fraction of sp³-hybridized carbons (Fsp3) is 0.524. The Bertz CT molecular complexity index is 933. The van der Waals surface area contributed by atoms with Gasteiger partial charge in [0, 0.05) is 18.1 Å². The summed E-state index contributed by atoms with van der Waals surface area (Å²) in [4.78, 5) is 24.2. The number of rotatable bonds is 5. The molecule has 156 valence electrons. The molecule has 1 aromatic carbocycles. The molecular formula is C21H25ClFN3O3. The molecule has 1 aliphatic carbocycles. The van der Waals surface area contributed by atoms with Crippen molar-refractivity contribution in [3.63, 3.8) is 0 Å². The number of carbonyl (C=O) groups is 2. The van der Waals surface area contributed by atoms with Crippen molar-refractivity contribution in [3.8, 4) is 0 Å². The summed E-state index contributed by atoms with van der Waals surface area (Å²) in [6, 6.07) is 5.48. The molecular weight excluding hydrogens is 397 g/mol. The summed E-state index contributed by atoms with van der Waals surface area (Å²) in [5.41, 5.74) is 0.227. The molecule has 1 saturated heterocycles. The number of halogens is 2. The first-order valence-electron chi connectivity index (χ1n) is 10.0. The lowest BCUT2D eigenvalue weighted by atomic mass is 9.81. The van der Waals surface area contributed by atoms with Crippen molar-refractivity contribution in [2.75, 3.05) is 13.1 Å². The molecule has 29 heavy (non-hydrogen) atoms. The van der Waals surface area contributed by atoms with Gasteiger partial charge in [0.2, 0.25) is 0 Å². The maximum absolute atomic E-state index is 14.0. The number of nitrogens with zero attached hydrogens (tertiary/aromatic N) is 1. The first-order valence-corrected chi connectivity index (χ1v) is 10.4. The summed E-state index contributed by atoms with van der Waals surface area (Å²) in [7, 11) is 0. The lowest BCUT2D eigenvalue weighted by molar-refractivity contribution is 0.0893. The summed E-state index contributed by atoms with van der Waals surface area (Å²) >= 11 is 6.41. The monoisotopic (exact) mass is 421 g/mol. The van der Waals surface area contributed by atoms with Crippen LogP contribution in [-0.4, -0.2) is 41.4 Å². The molecule has 2 N–H and O–H groups in total. The molecule has 0 unspecified atom stereocenters. The molecule has 0 bridgehead atoms. The smallest absolute Gasteiger partial charge is 0.407 e. The van der Waals surface area contributed by atoms with Gasteiger partial charge < -0.3 is 19.9 Å². The van der Waals surface area contributed by atoms with Gasteiger partial charge in [-0.3, -0.25) is 4.79 Å². The number of amides is 2. The van der Waals surface area contributed by atoms with Crippen molar-refractivity contribution >= 4 is 34.5 Å². The SMILES string of the molecule is CC1(F)CCC(CNC(=O)c2cn(C[C@H]3CNC(=O)O3)c3cccc(Cl)c23)CC1. The zero-order valence-corrected chi connectivity index (χ0v) is 17.1. The molecule has 2 heterocycles. The van der Waals surface area contributed by atoms with Crippen molar-refractivity contribution in [1.29, 1.82) is 0 Å². The first-order chi connectivity index (χ1) is 13.8. The maximum Gasteiger partial charge on any atom is 0.407 e. The summed E-state index contributed by atoms with van der Waals surface area (Å²) in [6.07, 6.45) is 3.65. The minimum absolute atomic E-state index is 0.197. The van der Waals surface area contributed by atoms with E-state index in [0.29, 0.717) is 48.4 Å². The Morgan fingerprint density at radius 2 is 2.17 bits per heavy atom. The molecule has 6 nitrogen and oxygen atoms in total. The van der Waals surface area contributed by atoms with Gasteiger partial charge in [0.1, 0.15) is 11.8 Å². The summed E-state index contributed by atoms with van der Waals surface area (Å²) in [5, 5.41) is 6.82. The first kappa shape index (κ1) is 20.0. The van der Waals surface area contributed by atoms with Gasteiger partial charge in [0.25, 0.3) is 5.91 Å². The van der Waals surface area contributed by atoms with Gasteiger partial charge in [-0.2, -0.15) is 0 Å². The van der Waals surface area contributed by atoms with E-state index in [2.05, 4.69) is 10.6 Å². The standard InChI is InChI=1S/C21H25ClFN3O3/c1-21(23)7-5-13(6-8-21)9-24-19(27)15-12-26(11-14-10-25-20(28)29-14)17-4-2-3-16(22)18(15)17/h2-4,12-14H,5-11H2,1H3,(H,24,27)(H,25,28)/t13?,14-,21?/m1/s1. The predicted molar refractivity (Wildman–Crippen MR) is 109 cm³/mol. The van der Waals surface area contributed by atoms with Crippen LogP contribution in [0.4, 0.5) is 9.18 Å². The number of hydrogen-bond donors (Lipinski definition) is 2. The van der Waals surface area contributed by atoms with Crippen LogP contribution in [0.15, 0.2) is 24.4 Å². The summed E-state index contributed by atoms with van der Waals surface area (Å²) in [6.45, 7) is 3.03. The normalized spacial score (nSPS) is 26.9. The number of hydrogen-bond acceptors (Lipinski definition) is 3. The van der Waals surface area contributed by atoms with E-state index in [-0.39, 0.29) is 17.9 Å². The van der Waals surface area contributed by atoms with Gasteiger partial charge >= 0.3 is 6.09 Å². The van der Waals surface area contributed by atoms with E-state index < -0.39 is 11.8 Å². The Balaban J connectivity index is 1.50. The molecule has 4 rings (SSSR count). The molecule has 1 saturated carbocycles. The van der Waals surface area contributed by atoms with E-state index in [1.165, 1.54) is 0 Å². The van der Waals surface area contributed by atoms with Gasteiger partial charge in [-0.1, -0.05) is 17.7 Å². The third-order valence-electron chi connectivity index (χ3n) is 5.95. The van der Waals surface area contributed by atoms with Crippen LogP contribution < -0.4 is 10.6 Å². The molecule has 0 radical (unpaired) electrons. The quantitative estimate of drug-likeness (QED) is 0.764. The Morgan fingerprint density at radius 1 is 1.41 bits per heavy atom. The number of benzene rings is 1. The second kappa shape index (κ2) is 7.86. The Hall–Kier alpha value is -2.28. The van der Waals surface area contributed by atoms with Crippen molar-refractivity contribution in [2.24, 2.45) is 5.92 Å². The number of nitrogens with one attached hydrogen (secondary N) is 2. The Labute approximate surface area is 173 Å². The van der Waals surface area contributed by atoms with Crippen LogP contribution in [0.1, 0.15) is 43.0 Å². The number of fused-ring (bicyclic) bond motifs is 1. The molecule has 1 aliphatic heterocycles. The fourth-order valence-electron chi connectivity index (χ4n) is 4.20. The number of aromatic nitrogens is 1. The number of ether oxygens (including phenoxy) is 1. The van der Waals surface area contributed by atoms with E-state index in [1.807, 2.05) is 16.7 Å². The van der Waals surface area contributed by atoms with Crippen LogP contribution in [0.2, 0.25) is 5.02 Å². The van der Waals surface area contributed by atoms with E-state index in [4.69, 9.17) is 16.3 Å². The number of alkyl halides is 1. The van der Waals surface area contributed by atoms with Gasteiger partial charge in [-0.15, -0.1) is 0 Å². The van der Waals surface area contributed by atoms with E-state index >= 15 is 0 Å². The molecule has 1 atom stereocenters. The average Bonchev–Trinajstić information content (AvgIpc) is 3.25. The molecule has 2 aliphatic rings. The predicted octanol–water partition coefficient (Wildman–Crippen LogP) is 4.05. The molecule has 2 amide bonds. The highest BCUT2D eigenvalue weighted by molar-refractivity contribution is 6.36. The van der Waals surface area contributed by atoms with Crippen molar-refractivity contribution in [3.05, 3.63) is 35.0 Å². The minimum atomic E-state index is -1.08. The summed E-state index contributed by atoms with van der Waals surface area (Å²) in [5.74, 6) is 0.0903. The largest absolute Gasteiger partial charge is 0.442 e. The average molecular weight is 422 g/mol. The number of carbonyl (C=O) groups excluding carboxylic acids is 2. The minimum Gasteiger partial charge on any atom is -0.442 e. The van der Waals surface area contributed by atoms with Crippen molar-refractivity contribution in [1.82, 2.24) is 15.2 Å². The second-order valence-corrected chi connectivity index (χ2v) is 8.71. The van der Waals surface area contributed by atoms with E-state index in [0.717, 1.165) is 18.4 Å².